The third kappa shape index (κ3) is 3.30. The average Bonchev–Trinajstić information content (AvgIpc) is 3.13. The molecule has 26 heavy (non-hydrogen) atoms. The molecule has 0 spiro atoms. The summed E-state index contributed by atoms with van der Waals surface area (Å²) in [6, 6.07) is 1.97. The molecule has 0 N–H and O–H groups in total. The van der Waals surface area contributed by atoms with Gasteiger partial charge in [-0.1, -0.05) is 37.4 Å². The van der Waals surface area contributed by atoms with Gasteiger partial charge in [0.25, 0.3) is 0 Å². The van der Waals surface area contributed by atoms with Gasteiger partial charge >= 0.3 is 5.97 Å². The Morgan fingerprint density at radius 1 is 1.35 bits per heavy atom. The molecule has 1 aliphatic rings. The summed E-state index contributed by atoms with van der Waals surface area (Å²) in [5.74, 6) is -4.03. The average molecular weight is 382 g/mol. The molecular weight excluding hydrogens is 367 g/mol. The van der Waals surface area contributed by atoms with Crippen LogP contribution in [0.15, 0.2) is 11.6 Å². The summed E-state index contributed by atoms with van der Waals surface area (Å²) in [7, 11) is 0. The van der Waals surface area contributed by atoms with Gasteiger partial charge in [0.1, 0.15) is 12.2 Å². The number of nitrogens with zero attached hydrogens (tertiary/aromatic N) is 1. The van der Waals surface area contributed by atoms with Crippen molar-refractivity contribution >= 4 is 17.6 Å². The summed E-state index contributed by atoms with van der Waals surface area (Å²) >= 11 is 5.69. The second-order valence-electron chi connectivity index (χ2n) is 6.65. The third-order valence-electron chi connectivity index (χ3n) is 4.63. The molecule has 1 aromatic rings. The van der Waals surface area contributed by atoms with Crippen LogP contribution in [0.2, 0.25) is 5.02 Å². The number of halogens is 4. The van der Waals surface area contributed by atoms with Crippen LogP contribution in [-0.2, 0) is 16.1 Å². The van der Waals surface area contributed by atoms with Gasteiger partial charge in [-0.2, -0.15) is 5.26 Å². The number of benzene rings is 1. The predicted octanol–water partition coefficient (Wildman–Crippen LogP) is 4.52. The number of carbonyl (C=O) groups excluding carboxylic acids is 1. The monoisotopic (exact) mass is 381 g/mol. The molecule has 7 heteroatoms. The Kier molecular flexibility index (Phi) is 5.39. The van der Waals surface area contributed by atoms with E-state index >= 15 is 0 Å². The Morgan fingerprint density at radius 3 is 2.50 bits per heavy atom. The highest BCUT2D eigenvalue weighted by molar-refractivity contribution is 6.31. The van der Waals surface area contributed by atoms with Crippen molar-refractivity contribution in [2.45, 2.75) is 27.4 Å². The van der Waals surface area contributed by atoms with E-state index in [-0.39, 0.29) is 5.92 Å². The first kappa shape index (κ1) is 19.9. The van der Waals surface area contributed by atoms with Crippen molar-refractivity contribution in [2.24, 2.45) is 17.3 Å². The maximum absolute atomic E-state index is 14.0. The lowest BCUT2D eigenvalue weighted by molar-refractivity contribution is -0.147. The van der Waals surface area contributed by atoms with Crippen molar-refractivity contribution in [1.82, 2.24) is 0 Å². The van der Waals surface area contributed by atoms with Gasteiger partial charge in [0.15, 0.2) is 17.5 Å². The van der Waals surface area contributed by atoms with E-state index in [1.165, 1.54) is 0 Å². The minimum Gasteiger partial charge on any atom is -0.460 e. The first-order valence-corrected chi connectivity index (χ1v) is 8.02. The van der Waals surface area contributed by atoms with Crippen LogP contribution in [0.5, 0.6) is 0 Å². The zero-order valence-corrected chi connectivity index (χ0v) is 15.0. The fourth-order valence-electron chi connectivity index (χ4n) is 2.91. The van der Waals surface area contributed by atoms with Gasteiger partial charge in [0.2, 0.25) is 0 Å². The van der Waals surface area contributed by atoms with Gasteiger partial charge in [0.05, 0.1) is 17.0 Å². The Hall–Kier alpha value is -2.44. The molecule has 136 valence electrons. The second-order valence-corrected chi connectivity index (χ2v) is 7.03. The molecule has 0 aliphatic heterocycles. The number of hydrogen-bond acceptors (Lipinski definition) is 3. The number of carbonyl (C=O) groups is 1. The van der Waals surface area contributed by atoms with Crippen LogP contribution in [0.4, 0.5) is 13.2 Å². The van der Waals surface area contributed by atoms with Crippen molar-refractivity contribution in [3.8, 4) is 18.4 Å². The fraction of sp³-hybridized carbons (Fsp3) is 0.368. The number of allylic oxidation sites excluding steroid dienone is 2. The van der Waals surface area contributed by atoms with Gasteiger partial charge < -0.3 is 4.74 Å². The third-order valence-corrected chi connectivity index (χ3v) is 5.02. The Balaban J connectivity index is 2.20. The zero-order chi connectivity index (χ0) is 19.8. The van der Waals surface area contributed by atoms with Gasteiger partial charge in [-0.15, -0.1) is 6.42 Å². The van der Waals surface area contributed by atoms with Crippen molar-refractivity contribution in [3.63, 3.8) is 0 Å². The maximum atomic E-state index is 14.0. The lowest BCUT2D eigenvalue weighted by Crippen LogP contribution is -2.13. The van der Waals surface area contributed by atoms with E-state index in [0.29, 0.717) is 5.57 Å². The maximum Gasteiger partial charge on any atom is 0.310 e. The molecule has 3 nitrogen and oxygen atoms in total. The number of rotatable bonds is 4. The van der Waals surface area contributed by atoms with E-state index in [4.69, 9.17) is 28.0 Å². The van der Waals surface area contributed by atoms with Gasteiger partial charge in [-0.3, -0.25) is 4.79 Å². The van der Waals surface area contributed by atoms with Crippen LogP contribution >= 0.6 is 11.6 Å². The van der Waals surface area contributed by atoms with Crippen molar-refractivity contribution in [1.29, 1.82) is 5.26 Å². The molecule has 0 saturated heterocycles. The molecule has 0 unspecified atom stereocenters. The summed E-state index contributed by atoms with van der Waals surface area (Å²) in [6.45, 7) is 4.52. The number of hydrogen-bond donors (Lipinski definition) is 0. The molecule has 2 rings (SSSR count). The van der Waals surface area contributed by atoms with Crippen LogP contribution in [0.1, 0.15) is 31.9 Å². The standard InChI is InChI=1S/C19H15ClF3NO2/c1-5-10-15(21)14(20)11(17(23)16(10)22)8-26-18(25)13-12(19(13,3)4)6-9(2)7-24/h1,6,12-13H,8H2,2-4H3/b9-6-/t12-,13+/m1/s1. The highest BCUT2D eigenvalue weighted by Gasteiger charge is 2.61. The van der Waals surface area contributed by atoms with Crippen molar-refractivity contribution in [3.05, 3.63) is 45.3 Å². The fourth-order valence-corrected chi connectivity index (χ4v) is 3.14. The molecule has 0 amide bonds. The van der Waals surface area contributed by atoms with Crippen LogP contribution < -0.4 is 0 Å². The van der Waals surface area contributed by atoms with Crippen molar-refractivity contribution < 1.29 is 22.7 Å². The highest BCUT2D eigenvalue weighted by atomic mass is 35.5. The van der Waals surface area contributed by atoms with Crippen LogP contribution in [0.25, 0.3) is 0 Å². The van der Waals surface area contributed by atoms with Crippen LogP contribution in [0, 0.1) is 58.4 Å². The molecule has 0 aromatic heterocycles. The van der Waals surface area contributed by atoms with E-state index in [2.05, 4.69) is 0 Å². The summed E-state index contributed by atoms with van der Waals surface area (Å²) in [6.07, 6.45) is 6.60. The largest absolute Gasteiger partial charge is 0.460 e. The molecule has 1 saturated carbocycles. The SMILES string of the molecule is C#Cc1c(F)c(F)c(COC(=O)[C@@H]2[C@@H](/C=C(/C)C#N)C2(C)C)c(Cl)c1F. The predicted molar refractivity (Wildman–Crippen MR) is 89.2 cm³/mol. The summed E-state index contributed by atoms with van der Waals surface area (Å²) < 4.78 is 46.7. The smallest absolute Gasteiger partial charge is 0.310 e. The first-order valence-electron chi connectivity index (χ1n) is 7.64. The molecule has 0 heterocycles. The van der Waals surface area contributed by atoms with Crippen LogP contribution in [-0.4, -0.2) is 5.97 Å². The van der Waals surface area contributed by atoms with Gasteiger partial charge in [0, 0.05) is 11.1 Å². The molecule has 1 fully saturated rings. The molecule has 0 bridgehead atoms. The summed E-state index contributed by atoms with van der Waals surface area (Å²) in [4.78, 5) is 12.3. The zero-order valence-electron chi connectivity index (χ0n) is 14.3. The van der Waals surface area contributed by atoms with E-state index < -0.39 is 57.5 Å². The molecule has 2 atom stereocenters. The molecule has 0 radical (unpaired) electrons. The topological polar surface area (TPSA) is 50.1 Å². The van der Waals surface area contributed by atoms with Gasteiger partial charge in [-0.05, 0) is 18.3 Å². The number of esters is 1. The normalized spacial score (nSPS) is 20.9. The Labute approximate surface area is 154 Å². The lowest BCUT2D eigenvalue weighted by Gasteiger charge is -2.11. The summed E-state index contributed by atoms with van der Waals surface area (Å²) in [5, 5.41) is 8.11. The number of ether oxygens (including phenoxy) is 1. The van der Waals surface area contributed by atoms with E-state index in [9.17, 15) is 18.0 Å². The number of terminal acetylenes is 1. The minimum atomic E-state index is -1.56. The molecule has 1 aliphatic carbocycles. The Morgan fingerprint density at radius 2 is 1.96 bits per heavy atom. The Bertz CT molecular complexity index is 865. The molecular formula is C19H15ClF3NO2. The van der Waals surface area contributed by atoms with Crippen LogP contribution in [0.3, 0.4) is 0 Å². The quantitative estimate of drug-likeness (QED) is 0.333. The van der Waals surface area contributed by atoms with E-state index in [0.717, 1.165) is 0 Å². The second kappa shape index (κ2) is 7.05. The lowest BCUT2D eigenvalue weighted by atomic mass is 10.1. The minimum absolute atomic E-state index is 0.216. The summed E-state index contributed by atoms with van der Waals surface area (Å²) in [5.41, 5.74) is -1.52. The molecule has 1 aromatic carbocycles. The highest BCUT2D eigenvalue weighted by Crippen LogP contribution is 2.59. The first-order chi connectivity index (χ1) is 12.1. The van der Waals surface area contributed by atoms with E-state index in [1.54, 1.807) is 18.9 Å². The number of nitriles is 1. The van der Waals surface area contributed by atoms with E-state index in [1.807, 2.05) is 19.9 Å². The van der Waals surface area contributed by atoms with Gasteiger partial charge in [-0.25, -0.2) is 13.2 Å². The van der Waals surface area contributed by atoms with Crippen molar-refractivity contribution in [2.75, 3.05) is 0 Å².